The molecule has 0 spiro atoms. The molecule has 0 aromatic heterocycles. The summed E-state index contributed by atoms with van der Waals surface area (Å²) >= 11 is 0. The van der Waals surface area contributed by atoms with Crippen LogP contribution in [0.4, 0.5) is 16.2 Å². The molecule has 3 amide bonds. The molecule has 2 heterocycles. The molecule has 4 aliphatic rings. The topological polar surface area (TPSA) is 73.5 Å². The first-order valence-electron chi connectivity index (χ1n) is 13.8. The molecule has 2 fully saturated rings. The number of fused-ring (bicyclic) bond motifs is 3. The second-order valence-electron chi connectivity index (χ2n) is 10.9. The molecule has 0 radical (unpaired) electrons. The second-order valence-corrected chi connectivity index (χ2v) is 10.9. The molecule has 37 heavy (non-hydrogen) atoms. The molecule has 2 aromatic rings. The zero-order valence-electron chi connectivity index (χ0n) is 21.2. The number of hydrogen-bond acceptors (Lipinski definition) is 3. The summed E-state index contributed by atoms with van der Waals surface area (Å²) in [6.07, 6.45) is 14.6. The maximum absolute atomic E-state index is 14.2. The van der Waals surface area contributed by atoms with Gasteiger partial charge in [-0.1, -0.05) is 73.5 Å². The van der Waals surface area contributed by atoms with Gasteiger partial charge in [-0.25, -0.2) is 4.79 Å². The monoisotopic (exact) mass is 496 g/mol. The molecule has 2 aliphatic heterocycles. The van der Waals surface area contributed by atoms with Gasteiger partial charge in [-0.05, 0) is 49.4 Å². The average molecular weight is 497 g/mol. The lowest BCUT2D eigenvalue weighted by Crippen LogP contribution is -2.51. The highest BCUT2D eigenvalue weighted by molar-refractivity contribution is 5.90. The number of para-hydroxylation sites is 2. The SMILES string of the molecule is O=C(Nc1ccccc1)N[C@@H]1CCCC[C@@H]1C(=O)N1CC[C@@H]2[C@H](C3C=CC=CC3)Nc3ccccc3[C@@H]21. The number of carbonyl (C=O) groups excluding carboxylic acids is 2. The minimum absolute atomic E-state index is 0.0787. The molecule has 2 aromatic carbocycles. The van der Waals surface area contributed by atoms with Crippen LogP contribution >= 0.6 is 0 Å². The summed E-state index contributed by atoms with van der Waals surface area (Å²) in [5.41, 5.74) is 3.13. The van der Waals surface area contributed by atoms with Gasteiger partial charge < -0.3 is 20.9 Å². The summed E-state index contributed by atoms with van der Waals surface area (Å²) < 4.78 is 0. The normalized spacial score (nSPS) is 30.1. The largest absolute Gasteiger partial charge is 0.381 e. The van der Waals surface area contributed by atoms with E-state index in [1.165, 1.54) is 5.56 Å². The Morgan fingerprint density at radius 2 is 1.73 bits per heavy atom. The van der Waals surface area contributed by atoms with Crippen LogP contribution in [0, 0.1) is 17.8 Å². The van der Waals surface area contributed by atoms with Crippen LogP contribution in [0.3, 0.4) is 0 Å². The van der Waals surface area contributed by atoms with Crippen LogP contribution in [-0.2, 0) is 4.79 Å². The van der Waals surface area contributed by atoms with Crippen molar-refractivity contribution in [1.29, 1.82) is 0 Å². The van der Waals surface area contributed by atoms with E-state index in [1.54, 1.807) is 0 Å². The molecule has 2 aliphatic carbocycles. The van der Waals surface area contributed by atoms with Crippen LogP contribution in [0.2, 0.25) is 0 Å². The van der Waals surface area contributed by atoms with E-state index in [0.717, 1.165) is 56.4 Å². The molecule has 1 unspecified atom stereocenters. The zero-order valence-corrected chi connectivity index (χ0v) is 21.2. The van der Waals surface area contributed by atoms with E-state index in [0.29, 0.717) is 17.9 Å². The highest BCUT2D eigenvalue weighted by Gasteiger charge is 2.49. The van der Waals surface area contributed by atoms with Gasteiger partial charge in [0, 0.05) is 41.8 Å². The van der Waals surface area contributed by atoms with Crippen molar-refractivity contribution < 1.29 is 9.59 Å². The maximum atomic E-state index is 14.2. The van der Waals surface area contributed by atoms with Crippen molar-refractivity contribution in [3.8, 4) is 0 Å². The predicted molar refractivity (Wildman–Crippen MR) is 147 cm³/mol. The van der Waals surface area contributed by atoms with Gasteiger partial charge in [-0.3, -0.25) is 4.79 Å². The smallest absolute Gasteiger partial charge is 0.319 e. The van der Waals surface area contributed by atoms with Gasteiger partial charge in [0.05, 0.1) is 12.0 Å². The number of nitrogens with one attached hydrogen (secondary N) is 3. The summed E-state index contributed by atoms with van der Waals surface area (Å²) in [4.78, 5) is 29.2. The third-order valence-corrected chi connectivity index (χ3v) is 8.70. The lowest BCUT2D eigenvalue weighted by Gasteiger charge is -2.44. The Morgan fingerprint density at radius 3 is 2.57 bits per heavy atom. The fraction of sp³-hybridized carbons (Fsp3) is 0.419. The van der Waals surface area contributed by atoms with Crippen molar-refractivity contribution in [1.82, 2.24) is 10.2 Å². The number of allylic oxidation sites excluding steroid dienone is 3. The van der Waals surface area contributed by atoms with Crippen LogP contribution in [0.5, 0.6) is 0 Å². The number of rotatable bonds is 4. The van der Waals surface area contributed by atoms with E-state index >= 15 is 0 Å². The number of hydrogen-bond donors (Lipinski definition) is 3. The molecular formula is C31H36N4O2. The molecule has 0 bridgehead atoms. The van der Waals surface area contributed by atoms with Crippen LogP contribution < -0.4 is 16.0 Å². The number of benzene rings is 2. The number of amides is 3. The highest BCUT2D eigenvalue weighted by atomic mass is 16.2. The minimum atomic E-state index is -0.236. The molecule has 3 N–H and O–H groups in total. The summed E-state index contributed by atoms with van der Waals surface area (Å²) in [6.45, 7) is 0.770. The van der Waals surface area contributed by atoms with Crippen molar-refractivity contribution >= 4 is 23.3 Å². The lowest BCUT2D eigenvalue weighted by atomic mass is 9.75. The van der Waals surface area contributed by atoms with Crippen LogP contribution in [-0.4, -0.2) is 35.5 Å². The fourth-order valence-electron chi connectivity index (χ4n) is 6.97. The number of likely N-dealkylation sites (tertiary alicyclic amines) is 1. The molecule has 6 nitrogen and oxygen atoms in total. The average Bonchev–Trinajstić information content (AvgIpc) is 3.39. The Balaban J connectivity index is 1.22. The molecule has 1 saturated heterocycles. The third-order valence-electron chi connectivity index (χ3n) is 8.70. The van der Waals surface area contributed by atoms with Crippen LogP contribution in [0.25, 0.3) is 0 Å². The predicted octanol–water partition coefficient (Wildman–Crippen LogP) is 5.88. The van der Waals surface area contributed by atoms with Crippen molar-refractivity contribution in [2.75, 3.05) is 17.2 Å². The van der Waals surface area contributed by atoms with Gasteiger partial charge in [0.25, 0.3) is 0 Å². The minimum Gasteiger partial charge on any atom is -0.381 e. The Labute approximate surface area is 219 Å². The first-order chi connectivity index (χ1) is 18.2. The summed E-state index contributed by atoms with van der Waals surface area (Å²) in [6, 6.07) is 18.0. The lowest BCUT2D eigenvalue weighted by molar-refractivity contribution is -0.138. The van der Waals surface area contributed by atoms with Gasteiger partial charge in [0.2, 0.25) is 5.91 Å². The second kappa shape index (κ2) is 10.4. The number of carbonyl (C=O) groups is 2. The van der Waals surface area contributed by atoms with Crippen molar-refractivity contribution in [2.45, 2.75) is 56.7 Å². The molecule has 6 heteroatoms. The van der Waals surface area contributed by atoms with E-state index in [9.17, 15) is 9.59 Å². The molecular weight excluding hydrogens is 460 g/mol. The number of nitrogens with zero attached hydrogens (tertiary/aromatic N) is 1. The quantitative estimate of drug-likeness (QED) is 0.495. The van der Waals surface area contributed by atoms with E-state index < -0.39 is 0 Å². The summed E-state index contributed by atoms with van der Waals surface area (Å²) in [7, 11) is 0. The van der Waals surface area contributed by atoms with Crippen molar-refractivity contribution in [3.05, 3.63) is 84.5 Å². The van der Waals surface area contributed by atoms with Crippen LogP contribution in [0.1, 0.15) is 50.1 Å². The zero-order chi connectivity index (χ0) is 25.2. The first kappa shape index (κ1) is 23.8. The highest BCUT2D eigenvalue weighted by Crippen LogP contribution is 2.49. The first-order valence-corrected chi connectivity index (χ1v) is 13.8. The third kappa shape index (κ3) is 4.77. The molecule has 192 valence electrons. The Hall–Kier alpha value is -3.54. The van der Waals surface area contributed by atoms with E-state index in [4.69, 9.17) is 0 Å². The van der Waals surface area contributed by atoms with E-state index in [-0.39, 0.29) is 29.9 Å². The molecule has 6 atom stereocenters. The Kier molecular flexibility index (Phi) is 6.73. The van der Waals surface area contributed by atoms with E-state index in [2.05, 4.69) is 69.4 Å². The molecule has 6 rings (SSSR count). The van der Waals surface area contributed by atoms with Crippen molar-refractivity contribution in [3.63, 3.8) is 0 Å². The van der Waals surface area contributed by atoms with Gasteiger partial charge in [0.1, 0.15) is 0 Å². The van der Waals surface area contributed by atoms with Crippen molar-refractivity contribution in [2.24, 2.45) is 17.8 Å². The Morgan fingerprint density at radius 1 is 0.919 bits per heavy atom. The summed E-state index contributed by atoms with van der Waals surface area (Å²) in [5, 5.41) is 9.92. The van der Waals surface area contributed by atoms with Crippen LogP contribution in [0.15, 0.2) is 78.9 Å². The van der Waals surface area contributed by atoms with Gasteiger partial charge in [-0.2, -0.15) is 0 Å². The summed E-state index contributed by atoms with van der Waals surface area (Å²) in [5.74, 6) is 0.807. The fourth-order valence-corrected chi connectivity index (χ4v) is 6.97. The van der Waals surface area contributed by atoms with Gasteiger partial charge >= 0.3 is 6.03 Å². The van der Waals surface area contributed by atoms with E-state index in [1.807, 2.05) is 30.3 Å². The van der Waals surface area contributed by atoms with Gasteiger partial charge in [0.15, 0.2) is 0 Å². The number of urea groups is 1. The number of anilines is 2. The maximum Gasteiger partial charge on any atom is 0.319 e. The Bertz CT molecular complexity index is 1190. The molecule has 1 saturated carbocycles. The standard InChI is InChI=1S/C31H36N4O2/c36-30(24-16-8-10-18-27(24)34-31(37)32-22-13-5-2-6-14-22)35-20-19-25-28(21-11-3-1-4-12-21)33-26-17-9-7-15-23(26)29(25)35/h1-7,9,11,13-15,17,21,24-25,27-29,33H,8,10,12,16,18-20H2,(H2,32,34,37)/t21?,24-,25+,27+,28-,29-/m0/s1. The van der Waals surface area contributed by atoms with Gasteiger partial charge in [-0.15, -0.1) is 0 Å².